The maximum Gasteiger partial charge on any atom is 0.249 e. The second kappa shape index (κ2) is 23.5. The van der Waals surface area contributed by atoms with Crippen molar-refractivity contribution in [1.29, 1.82) is 0 Å². The van der Waals surface area contributed by atoms with E-state index in [1.807, 2.05) is 173 Å². The zero-order valence-electron chi connectivity index (χ0n) is 46.8. The fraction of sp³-hybridized carbons (Fsp3) is 0.0417. The highest BCUT2D eigenvalue weighted by Crippen LogP contribution is 2.40. The predicted octanol–water partition coefficient (Wildman–Crippen LogP) is 17.3. The maximum atomic E-state index is 11.8. The molecular formula is C72H48Cl3N9O3. The molecule has 0 atom stereocenters. The van der Waals surface area contributed by atoms with E-state index in [0.29, 0.717) is 32.0 Å². The second-order valence-corrected chi connectivity index (χ2v) is 22.3. The van der Waals surface area contributed by atoms with E-state index in [1.165, 1.54) is 18.2 Å². The lowest BCUT2D eigenvalue weighted by Crippen LogP contribution is -2.04. The van der Waals surface area contributed by atoms with Crippen molar-refractivity contribution in [2.75, 3.05) is 0 Å². The van der Waals surface area contributed by atoms with Crippen LogP contribution in [0.25, 0.3) is 133 Å². The van der Waals surface area contributed by atoms with Crippen LogP contribution in [0, 0.1) is 20.8 Å². The van der Waals surface area contributed by atoms with E-state index in [-0.39, 0.29) is 16.7 Å². The minimum atomic E-state index is -0.174. The lowest BCUT2D eigenvalue weighted by Gasteiger charge is -2.13. The van der Waals surface area contributed by atoms with Crippen LogP contribution in [0.2, 0.25) is 15.1 Å². The van der Waals surface area contributed by atoms with Gasteiger partial charge in [-0.1, -0.05) is 132 Å². The van der Waals surface area contributed by atoms with Gasteiger partial charge in [0.15, 0.2) is 0 Å². The standard InChI is InChI=1S/3C24H16ClN3O/c1-14-9-18-10-17(12-20(25)23(18)26-13-14)19-11-16-7-8-21(29)27-24(16)28-22(19)15-5-3-2-4-6-15;1-14-9-10-26-23-18(14)12-17(13-20(23)25)19-11-16-7-8-21(29)27-24(16)28-22(19)15-5-3-2-4-6-15;1-14-7-8-16-11-18(13-20(25)23(16)26-14)19-12-17-9-10-21(29)27-24(17)28-22(19)15-5-3-2-4-6-15/h3*2-13H,1H3,(H,27,28,29). The molecule has 0 aliphatic rings. The largest absolute Gasteiger partial charge is 0.307 e. The van der Waals surface area contributed by atoms with Crippen LogP contribution in [0.3, 0.4) is 0 Å². The molecule has 15 rings (SSSR count). The summed E-state index contributed by atoms with van der Waals surface area (Å²) >= 11 is 19.8. The number of hydrogen-bond acceptors (Lipinski definition) is 9. The van der Waals surface area contributed by atoms with Gasteiger partial charge in [0.1, 0.15) is 16.9 Å². The van der Waals surface area contributed by atoms with Crippen molar-refractivity contribution in [1.82, 2.24) is 44.9 Å². The van der Waals surface area contributed by atoms with Crippen LogP contribution in [0.4, 0.5) is 0 Å². The van der Waals surface area contributed by atoms with Gasteiger partial charge in [0.25, 0.3) is 0 Å². The van der Waals surface area contributed by atoms with Gasteiger partial charge in [0.2, 0.25) is 16.7 Å². The number of aromatic nitrogens is 9. The molecule has 15 aromatic rings. The lowest BCUT2D eigenvalue weighted by atomic mass is 9.96. The third-order valence-electron chi connectivity index (χ3n) is 15.0. The Hall–Kier alpha value is -10.5. The molecule has 0 spiro atoms. The fourth-order valence-corrected chi connectivity index (χ4v) is 11.6. The summed E-state index contributed by atoms with van der Waals surface area (Å²) in [5, 5.41) is 7.33. The Morgan fingerprint density at radius 1 is 0.345 bits per heavy atom. The summed E-state index contributed by atoms with van der Waals surface area (Å²) in [6.45, 7) is 6.01. The first-order chi connectivity index (χ1) is 42.3. The molecule has 9 heterocycles. The monoisotopic (exact) mass is 1190 g/mol. The summed E-state index contributed by atoms with van der Waals surface area (Å²) in [4.78, 5) is 71.7. The van der Waals surface area contributed by atoms with Gasteiger partial charge < -0.3 is 15.0 Å². The molecule has 6 aromatic carbocycles. The van der Waals surface area contributed by atoms with Gasteiger partial charge in [-0.2, -0.15) is 0 Å². The number of nitrogens with zero attached hydrogens (tertiary/aromatic N) is 6. The average Bonchev–Trinajstić information content (AvgIpc) is 1.46. The molecule has 0 amide bonds. The van der Waals surface area contributed by atoms with Crippen LogP contribution < -0.4 is 16.7 Å². The highest BCUT2D eigenvalue weighted by molar-refractivity contribution is 6.36. The zero-order valence-corrected chi connectivity index (χ0v) is 49.1. The molecule has 420 valence electrons. The highest BCUT2D eigenvalue weighted by Gasteiger charge is 2.19. The Labute approximate surface area is 511 Å². The van der Waals surface area contributed by atoms with Gasteiger partial charge >= 0.3 is 0 Å². The van der Waals surface area contributed by atoms with Gasteiger partial charge in [0.05, 0.1) is 48.7 Å². The molecule has 0 saturated heterocycles. The van der Waals surface area contributed by atoms with Crippen LogP contribution in [-0.4, -0.2) is 44.9 Å². The summed E-state index contributed by atoms with van der Waals surface area (Å²) in [6.07, 6.45) is 3.59. The Morgan fingerprint density at radius 2 is 0.759 bits per heavy atom. The van der Waals surface area contributed by atoms with E-state index < -0.39 is 0 Å². The van der Waals surface area contributed by atoms with Crippen molar-refractivity contribution in [3.8, 4) is 67.2 Å². The van der Waals surface area contributed by atoms with Gasteiger partial charge in [-0.15, -0.1) is 0 Å². The quantitative estimate of drug-likeness (QED) is 0.146. The summed E-state index contributed by atoms with van der Waals surface area (Å²) in [5.41, 5.74) is 17.6. The maximum absolute atomic E-state index is 11.8. The van der Waals surface area contributed by atoms with Crippen molar-refractivity contribution in [3.63, 3.8) is 0 Å². The number of aryl methyl sites for hydroxylation is 3. The first-order valence-electron chi connectivity index (χ1n) is 27.7. The van der Waals surface area contributed by atoms with Crippen molar-refractivity contribution < 1.29 is 0 Å². The number of aromatic amines is 3. The average molecular weight is 1190 g/mol. The number of pyridine rings is 9. The van der Waals surface area contributed by atoms with Crippen molar-refractivity contribution in [2.24, 2.45) is 0 Å². The number of fused-ring (bicyclic) bond motifs is 6. The molecule has 0 saturated carbocycles. The van der Waals surface area contributed by atoms with Crippen LogP contribution in [-0.2, 0) is 0 Å². The molecule has 0 unspecified atom stereocenters. The van der Waals surface area contributed by atoms with Crippen LogP contribution in [0.1, 0.15) is 16.8 Å². The zero-order chi connectivity index (χ0) is 59.9. The van der Waals surface area contributed by atoms with E-state index in [1.54, 1.807) is 24.4 Å². The van der Waals surface area contributed by atoms with Crippen molar-refractivity contribution in [2.45, 2.75) is 20.8 Å². The first-order valence-corrected chi connectivity index (χ1v) is 28.9. The molecule has 0 radical (unpaired) electrons. The normalized spacial score (nSPS) is 11.2. The SMILES string of the molecule is Cc1ccc2cc(-c3cc4ccc(=O)[nH]c4nc3-c3ccccc3)cc(Cl)c2n1.Cc1ccnc2c(Cl)cc(-c3cc4ccc(=O)[nH]c4nc3-c3ccccc3)cc12.Cc1cnc2c(Cl)cc(-c3cc4ccc(=O)[nH]c4nc3-c3ccccc3)cc2c1. The minimum Gasteiger partial charge on any atom is -0.307 e. The lowest BCUT2D eigenvalue weighted by molar-refractivity contribution is 1.23. The molecule has 9 aromatic heterocycles. The number of benzene rings is 6. The number of halogens is 3. The van der Waals surface area contributed by atoms with E-state index >= 15 is 0 Å². The Bertz CT molecular complexity index is 5380. The van der Waals surface area contributed by atoms with Crippen molar-refractivity contribution in [3.05, 3.63) is 282 Å². The molecule has 12 nitrogen and oxygen atoms in total. The van der Waals surface area contributed by atoms with Gasteiger partial charge in [0, 0.05) is 102 Å². The third kappa shape index (κ3) is 11.5. The summed E-state index contributed by atoms with van der Waals surface area (Å²) in [7, 11) is 0. The minimum absolute atomic E-state index is 0.174. The molecule has 0 aliphatic heterocycles. The summed E-state index contributed by atoms with van der Waals surface area (Å²) < 4.78 is 0. The Balaban J connectivity index is 0.000000121. The molecule has 0 bridgehead atoms. The first kappa shape index (κ1) is 55.7. The number of rotatable bonds is 6. The molecule has 15 heteroatoms. The van der Waals surface area contributed by atoms with E-state index in [4.69, 9.17) is 49.8 Å². The Kier molecular flexibility index (Phi) is 15.0. The van der Waals surface area contributed by atoms with E-state index in [0.717, 1.165) is 133 Å². The second-order valence-electron chi connectivity index (χ2n) is 21.0. The van der Waals surface area contributed by atoms with Crippen LogP contribution in [0.15, 0.2) is 233 Å². The van der Waals surface area contributed by atoms with Gasteiger partial charge in [-0.05, 0) is 140 Å². The smallest absolute Gasteiger partial charge is 0.249 e. The summed E-state index contributed by atoms with van der Waals surface area (Å²) in [6, 6.07) is 65.9. The molecule has 0 fully saturated rings. The Morgan fingerprint density at radius 3 is 1.23 bits per heavy atom. The number of nitrogens with one attached hydrogen (secondary N) is 3. The third-order valence-corrected chi connectivity index (χ3v) is 15.8. The van der Waals surface area contributed by atoms with Gasteiger partial charge in [-0.25, -0.2) is 15.0 Å². The predicted molar refractivity (Wildman–Crippen MR) is 355 cm³/mol. The highest BCUT2D eigenvalue weighted by atomic mass is 35.5. The molecular weight excluding hydrogens is 1150 g/mol. The van der Waals surface area contributed by atoms with E-state index in [2.05, 4.69) is 54.2 Å². The fourth-order valence-electron chi connectivity index (χ4n) is 10.8. The van der Waals surface area contributed by atoms with Gasteiger partial charge in [-0.3, -0.25) is 29.3 Å². The van der Waals surface area contributed by atoms with E-state index in [9.17, 15) is 14.4 Å². The molecule has 0 aliphatic carbocycles. The molecule has 87 heavy (non-hydrogen) atoms. The van der Waals surface area contributed by atoms with Crippen LogP contribution >= 0.6 is 34.8 Å². The van der Waals surface area contributed by atoms with Crippen molar-refractivity contribution >= 4 is 101 Å². The van der Waals surface area contributed by atoms with Crippen LogP contribution in [0.5, 0.6) is 0 Å². The molecule has 3 N–H and O–H groups in total. The summed E-state index contributed by atoms with van der Waals surface area (Å²) in [5.74, 6) is 0. The number of hydrogen-bond donors (Lipinski definition) is 3. The number of H-pyrrole nitrogens is 3. The topological polar surface area (TPSA) is 176 Å².